The number of allylic oxidation sites excluding steroid dienone is 1. The molecule has 3 rings (SSSR count). The highest BCUT2D eigenvalue weighted by molar-refractivity contribution is 6.34. The van der Waals surface area contributed by atoms with Crippen molar-refractivity contribution in [3.05, 3.63) is 41.7 Å². The Morgan fingerprint density at radius 3 is 2.70 bits per heavy atom. The molecular formula is C17H19NO2. The molecule has 0 bridgehead atoms. The number of rotatable bonds is 2. The van der Waals surface area contributed by atoms with E-state index in [1.54, 1.807) is 6.26 Å². The second-order valence-corrected chi connectivity index (χ2v) is 5.81. The number of ether oxygens (including phenoxy) is 1. The molecule has 1 aromatic rings. The van der Waals surface area contributed by atoms with Gasteiger partial charge in [-0.05, 0) is 33.3 Å². The topological polar surface area (TPSA) is 29.5 Å². The monoisotopic (exact) mass is 269 g/mol. The average Bonchev–Trinajstić information content (AvgIpc) is 2.67. The Labute approximate surface area is 119 Å². The second kappa shape index (κ2) is 4.23. The van der Waals surface area contributed by atoms with Crippen LogP contribution in [0.25, 0.3) is 11.1 Å². The van der Waals surface area contributed by atoms with Crippen LogP contribution in [0.4, 0.5) is 5.69 Å². The minimum atomic E-state index is -0.313. The quantitative estimate of drug-likeness (QED) is 0.606. The lowest BCUT2D eigenvalue weighted by molar-refractivity contribution is -0.113. The molecule has 1 aromatic carbocycles. The van der Waals surface area contributed by atoms with Crippen molar-refractivity contribution >= 4 is 22.7 Å². The van der Waals surface area contributed by atoms with Crippen molar-refractivity contribution in [2.45, 2.75) is 33.2 Å². The summed E-state index contributed by atoms with van der Waals surface area (Å²) in [5.41, 5.74) is 4.69. The first-order valence-electron chi connectivity index (χ1n) is 6.97. The highest BCUT2D eigenvalue weighted by Crippen LogP contribution is 2.48. The fourth-order valence-electron chi connectivity index (χ4n) is 3.16. The van der Waals surface area contributed by atoms with E-state index in [-0.39, 0.29) is 11.4 Å². The van der Waals surface area contributed by atoms with Gasteiger partial charge in [0.15, 0.2) is 0 Å². The van der Waals surface area contributed by atoms with Crippen LogP contribution < -0.4 is 4.90 Å². The number of hydrogen-bond donors (Lipinski definition) is 0. The van der Waals surface area contributed by atoms with Gasteiger partial charge in [0, 0.05) is 11.1 Å². The summed E-state index contributed by atoms with van der Waals surface area (Å²) >= 11 is 0. The molecule has 0 radical (unpaired) electrons. The molecule has 0 saturated carbocycles. The minimum absolute atomic E-state index is 0.0228. The molecule has 104 valence electrons. The number of carbonyl (C=O) groups is 1. The molecule has 3 heteroatoms. The van der Waals surface area contributed by atoms with Gasteiger partial charge in [0.25, 0.3) is 5.91 Å². The van der Waals surface area contributed by atoms with Crippen molar-refractivity contribution in [2.24, 2.45) is 0 Å². The van der Waals surface area contributed by atoms with Gasteiger partial charge in [-0.1, -0.05) is 24.3 Å². The maximum Gasteiger partial charge on any atom is 0.262 e. The highest BCUT2D eigenvalue weighted by Gasteiger charge is 2.44. The SMILES string of the molecule is CCOC=C1C(=O)N2c3c(cccc31)C(C)=CC2(C)C. The zero-order chi connectivity index (χ0) is 14.5. The summed E-state index contributed by atoms with van der Waals surface area (Å²) in [6.45, 7) is 8.71. The lowest BCUT2D eigenvalue weighted by Gasteiger charge is -2.38. The van der Waals surface area contributed by atoms with Crippen molar-refractivity contribution in [2.75, 3.05) is 11.5 Å². The fraction of sp³-hybridized carbons (Fsp3) is 0.353. The number of carbonyl (C=O) groups excluding carboxylic acids is 1. The highest BCUT2D eigenvalue weighted by atomic mass is 16.5. The molecule has 0 spiro atoms. The molecule has 3 nitrogen and oxygen atoms in total. The molecule has 0 aromatic heterocycles. The van der Waals surface area contributed by atoms with E-state index in [4.69, 9.17) is 4.74 Å². The van der Waals surface area contributed by atoms with E-state index in [1.807, 2.05) is 24.0 Å². The summed E-state index contributed by atoms with van der Waals surface area (Å²) in [7, 11) is 0. The zero-order valence-corrected chi connectivity index (χ0v) is 12.4. The van der Waals surface area contributed by atoms with Crippen LogP contribution in [-0.2, 0) is 9.53 Å². The molecule has 0 saturated heterocycles. The summed E-state index contributed by atoms with van der Waals surface area (Å²) in [5.74, 6) is 0.0228. The smallest absolute Gasteiger partial charge is 0.262 e. The molecule has 0 atom stereocenters. The van der Waals surface area contributed by atoms with Gasteiger partial charge < -0.3 is 4.74 Å². The van der Waals surface area contributed by atoms with Gasteiger partial charge in [0.2, 0.25) is 0 Å². The average molecular weight is 269 g/mol. The Hall–Kier alpha value is -2.03. The summed E-state index contributed by atoms with van der Waals surface area (Å²) in [4.78, 5) is 14.6. The van der Waals surface area contributed by atoms with Crippen molar-refractivity contribution < 1.29 is 9.53 Å². The van der Waals surface area contributed by atoms with E-state index in [2.05, 4.69) is 32.9 Å². The Morgan fingerprint density at radius 2 is 2.00 bits per heavy atom. The van der Waals surface area contributed by atoms with Crippen LogP contribution in [0, 0.1) is 0 Å². The fourth-order valence-corrected chi connectivity index (χ4v) is 3.16. The van der Waals surface area contributed by atoms with E-state index in [0.29, 0.717) is 12.2 Å². The minimum Gasteiger partial charge on any atom is -0.501 e. The summed E-state index contributed by atoms with van der Waals surface area (Å²) in [5, 5.41) is 0. The molecule has 0 aliphatic carbocycles. The third-order valence-corrected chi connectivity index (χ3v) is 3.92. The van der Waals surface area contributed by atoms with E-state index < -0.39 is 0 Å². The third-order valence-electron chi connectivity index (χ3n) is 3.92. The molecule has 2 aliphatic heterocycles. The van der Waals surface area contributed by atoms with Gasteiger partial charge in [-0.2, -0.15) is 0 Å². The summed E-state index contributed by atoms with van der Waals surface area (Å²) in [6, 6.07) is 6.07. The molecule has 2 aliphatic rings. The molecule has 0 N–H and O–H groups in total. The van der Waals surface area contributed by atoms with Gasteiger partial charge in [-0.25, -0.2) is 0 Å². The van der Waals surface area contributed by atoms with Gasteiger partial charge >= 0.3 is 0 Å². The molecule has 20 heavy (non-hydrogen) atoms. The molecule has 0 unspecified atom stereocenters. The normalized spacial score (nSPS) is 21.0. The van der Waals surface area contributed by atoms with Crippen LogP contribution in [0.1, 0.15) is 38.8 Å². The predicted molar refractivity (Wildman–Crippen MR) is 81.3 cm³/mol. The van der Waals surface area contributed by atoms with Crippen molar-refractivity contribution in [1.29, 1.82) is 0 Å². The summed E-state index contributed by atoms with van der Waals surface area (Å²) < 4.78 is 5.37. The van der Waals surface area contributed by atoms with Crippen LogP contribution >= 0.6 is 0 Å². The zero-order valence-electron chi connectivity index (χ0n) is 12.4. The molecule has 0 fully saturated rings. The maximum atomic E-state index is 12.8. The first kappa shape index (κ1) is 13.0. The van der Waals surface area contributed by atoms with E-state index >= 15 is 0 Å². The lowest BCUT2D eigenvalue weighted by atomic mass is 9.89. The van der Waals surface area contributed by atoms with Crippen molar-refractivity contribution in [3.63, 3.8) is 0 Å². The number of para-hydroxylation sites is 1. The molecular weight excluding hydrogens is 250 g/mol. The van der Waals surface area contributed by atoms with Gasteiger partial charge in [-0.15, -0.1) is 0 Å². The number of nitrogens with zero attached hydrogens (tertiary/aromatic N) is 1. The number of benzene rings is 1. The van der Waals surface area contributed by atoms with Gasteiger partial charge in [0.05, 0.1) is 29.7 Å². The lowest BCUT2D eigenvalue weighted by Crippen LogP contribution is -2.46. The molecule has 2 heterocycles. The number of hydrogen-bond acceptors (Lipinski definition) is 2. The Bertz CT molecular complexity index is 653. The number of amides is 1. The summed E-state index contributed by atoms with van der Waals surface area (Å²) in [6.07, 6.45) is 3.75. The predicted octanol–water partition coefficient (Wildman–Crippen LogP) is 3.61. The Morgan fingerprint density at radius 1 is 1.30 bits per heavy atom. The van der Waals surface area contributed by atoms with E-state index in [1.165, 1.54) is 5.57 Å². The van der Waals surface area contributed by atoms with Crippen molar-refractivity contribution in [3.8, 4) is 0 Å². The molecule has 1 amide bonds. The van der Waals surface area contributed by atoms with E-state index in [0.717, 1.165) is 16.8 Å². The number of anilines is 1. The first-order chi connectivity index (χ1) is 9.47. The Kier molecular flexibility index (Phi) is 2.75. The van der Waals surface area contributed by atoms with Crippen LogP contribution in [0.5, 0.6) is 0 Å². The van der Waals surface area contributed by atoms with Crippen LogP contribution in [0.15, 0.2) is 30.5 Å². The van der Waals surface area contributed by atoms with E-state index in [9.17, 15) is 4.79 Å². The van der Waals surface area contributed by atoms with Crippen LogP contribution in [0.3, 0.4) is 0 Å². The van der Waals surface area contributed by atoms with Gasteiger partial charge in [0.1, 0.15) is 0 Å². The standard InChI is InChI=1S/C17H19NO2/c1-5-20-10-14-13-8-6-7-12-11(2)9-17(3,4)18(15(12)13)16(14)19/h6-10H,5H2,1-4H3. The largest absolute Gasteiger partial charge is 0.501 e. The first-order valence-corrected chi connectivity index (χ1v) is 6.97. The third kappa shape index (κ3) is 1.62. The second-order valence-electron chi connectivity index (χ2n) is 5.81. The Balaban J connectivity index is 2.27. The van der Waals surface area contributed by atoms with Crippen LogP contribution in [-0.4, -0.2) is 18.1 Å². The van der Waals surface area contributed by atoms with Crippen LogP contribution in [0.2, 0.25) is 0 Å². The van der Waals surface area contributed by atoms with Crippen molar-refractivity contribution in [1.82, 2.24) is 0 Å². The maximum absolute atomic E-state index is 12.8. The van der Waals surface area contributed by atoms with Gasteiger partial charge in [-0.3, -0.25) is 9.69 Å².